The van der Waals surface area contributed by atoms with Gasteiger partial charge >= 0.3 is 11.9 Å². The lowest BCUT2D eigenvalue weighted by Gasteiger charge is -2.11. The number of hydrogen-bond acceptors (Lipinski definition) is 6. The Morgan fingerprint density at radius 1 is 0.295 bits per heavy atom. The van der Waals surface area contributed by atoms with Crippen LogP contribution in [-0.4, -0.2) is 25.2 Å². The SMILES string of the molecule is CCCCCCCCCCCCCCCCCC1(OCCOC2(CCCCCCCCCCCCCCCCC)OO2)OO1. The van der Waals surface area contributed by atoms with E-state index < -0.39 is 11.9 Å². The summed E-state index contributed by atoms with van der Waals surface area (Å²) in [5, 5.41) is 0. The zero-order valence-electron chi connectivity index (χ0n) is 29.5. The molecule has 262 valence electrons. The normalized spacial score (nSPS) is 16.5. The maximum atomic E-state index is 5.83. The Morgan fingerprint density at radius 3 is 0.705 bits per heavy atom. The molecule has 6 heteroatoms. The second kappa shape index (κ2) is 27.8. The van der Waals surface area contributed by atoms with Crippen molar-refractivity contribution in [1.82, 2.24) is 0 Å². The summed E-state index contributed by atoms with van der Waals surface area (Å²) >= 11 is 0. The van der Waals surface area contributed by atoms with E-state index in [1.54, 1.807) is 0 Å². The number of hydrogen-bond donors (Lipinski definition) is 0. The van der Waals surface area contributed by atoms with E-state index in [1.165, 1.54) is 180 Å². The molecule has 0 N–H and O–H groups in total. The Bertz CT molecular complexity index is 554. The van der Waals surface area contributed by atoms with Gasteiger partial charge in [-0.25, -0.2) is 0 Å². The fourth-order valence-corrected chi connectivity index (χ4v) is 6.32. The first-order chi connectivity index (χ1) is 21.7. The highest BCUT2D eigenvalue weighted by atomic mass is 17.5. The van der Waals surface area contributed by atoms with Crippen LogP contribution in [0.3, 0.4) is 0 Å². The summed E-state index contributed by atoms with van der Waals surface area (Å²) in [6, 6.07) is 0. The highest BCUT2D eigenvalue weighted by Gasteiger charge is 2.52. The molecule has 0 aromatic carbocycles. The van der Waals surface area contributed by atoms with Gasteiger partial charge in [0.05, 0.1) is 13.2 Å². The topological polar surface area (TPSA) is 68.6 Å². The Hall–Kier alpha value is -0.240. The molecule has 2 saturated heterocycles. The summed E-state index contributed by atoms with van der Waals surface area (Å²) in [6.07, 6.45) is 42.4. The van der Waals surface area contributed by atoms with Crippen molar-refractivity contribution in [3.05, 3.63) is 0 Å². The first kappa shape index (κ1) is 39.9. The summed E-state index contributed by atoms with van der Waals surface area (Å²) in [7, 11) is 0. The molecule has 6 nitrogen and oxygen atoms in total. The fraction of sp³-hybridized carbons (Fsp3) is 1.00. The minimum absolute atomic E-state index is 0.409. The molecule has 0 aromatic rings. The van der Waals surface area contributed by atoms with E-state index in [0.717, 1.165) is 25.7 Å². The van der Waals surface area contributed by atoms with Gasteiger partial charge in [0.25, 0.3) is 0 Å². The molecular formula is C38H74O6. The number of rotatable bonds is 37. The highest BCUT2D eigenvalue weighted by Crippen LogP contribution is 2.38. The molecule has 2 rings (SSSR count). The smallest absolute Gasteiger partial charge is 0.321 e. The minimum atomic E-state index is -0.841. The van der Waals surface area contributed by atoms with Gasteiger partial charge in [-0.3, -0.25) is 0 Å². The lowest BCUT2D eigenvalue weighted by Crippen LogP contribution is -2.23. The van der Waals surface area contributed by atoms with Gasteiger partial charge in [-0.1, -0.05) is 194 Å². The molecule has 0 atom stereocenters. The van der Waals surface area contributed by atoms with Crippen LogP contribution in [0.15, 0.2) is 0 Å². The molecule has 0 saturated carbocycles. The Labute approximate surface area is 273 Å². The molecule has 0 spiro atoms. The second-order valence-corrected chi connectivity index (χ2v) is 13.8. The molecule has 44 heavy (non-hydrogen) atoms. The van der Waals surface area contributed by atoms with Crippen molar-refractivity contribution in [1.29, 1.82) is 0 Å². The molecule has 0 amide bonds. The summed E-state index contributed by atoms with van der Waals surface area (Å²) < 4.78 is 11.7. The van der Waals surface area contributed by atoms with Crippen molar-refractivity contribution in [2.75, 3.05) is 13.2 Å². The van der Waals surface area contributed by atoms with Gasteiger partial charge in [0.15, 0.2) is 0 Å². The standard InChI is InChI=1S/C38H74O6/c1-3-5-7-9-11-13-15-17-19-21-23-25-27-29-31-33-37(41-42-37)39-35-36-40-38(43-44-38)34-32-30-28-26-24-22-20-18-16-14-12-10-8-6-4-2/h3-36H2,1-2H3. The van der Waals surface area contributed by atoms with Crippen LogP contribution in [0.4, 0.5) is 0 Å². The van der Waals surface area contributed by atoms with E-state index in [9.17, 15) is 0 Å². The van der Waals surface area contributed by atoms with Gasteiger partial charge in [-0.2, -0.15) is 19.6 Å². The van der Waals surface area contributed by atoms with E-state index in [2.05, 4.69) is 13.8 Å². The van der Waals surface area contributed by atoms with Gasteiger partial charge in [-0.15, -0.1) is 0 Å². The van der Waals surface area contributed by atoms with Crippen LogP contribution in [0.5, 0.6) is 0 Å². The second-order valence-electron chi connectivity index (χ2n) is 13.8. The lowest BCUT2D eigenvalue weighted by atomic mass is 10.0. The van der Waals surface area contributed by atoms with E-state index >= 15 is 0 Å². The van der Waals surface area contributed by atoms with Gasteiger partial charge in [-0.05, 0) is 12.8 Å². The first-order valence-corrected chi connectivity index (χ1v) is 19.8. The summed E-state index contributed by atoms with van der Waals surface area (Å²) in [5.74, 6) is -1.68. The van der Waals surface area contributed by atoms with Gasteiger partial charge in [0.1, 0.15) is 0 Å². The maximum Gasteiger partial charge on any atom is 0.340 e. The molecule has 0 unspecified atom stereocenters. The monoisotopic (exact) mass is 627 g/mol. The molecule has 0 aliphatic carbocycles. The third-order valence-corrected chi connectivity index (χ3v) is 9.44. The lowest BCUT2D eigenvalue weighted by molar-refractivity contribution is -0.121. The van der Waals surface area contributed by atoms with Gasteiger partial charge in [0, 0.05) is 12.8 Å². The summed E-state index contributed by atoms with van der Waals surface area (Å²) in [6.45, 7) is 5.39. The molecule has 0 bridgehead atoms. The van der Waals surface area contributed by atoms with E-state index in [1.807, 2.05) is 0 Å². The molecule has 2 aliphatic rings. The van der Waals surface area contributed by atoms with Crippen LogP contribution < -0.4 is 0 Å². The third-order valence-electron chi connectivity index (χ3n) is 9.44. The number of unbranched alkanes of at least 4 members (excludes halogenated alkanes) is 28. The molecular weight excluding hydrogens is 552 g/mol. The predicted molar refractivity (Wildman–Crippen MR) is 181 cm³/mol. The molecule has 2 fully saturated rings. The average molecular weight is 627 g/mol. The Kier molecular flexibility index (Phi) is 25.3. The van der Waals surface area contributed by atoms with Crippen LogP contribution in [0, 0.1) is 0 Å². The average Bonchev–Trinajstić information content (AvgIpc) is 3.97. The van der Waals surface area contributed by atoms with Crippen molar-refractivity contribution < 1.29 is 29.0 Å². The summed E-state index contributed by atoms with van der Waals surface area (Å²) in [5.41, 5.74) is 0. The molecule has 2 aliphatic heterocycles. The zero-order valence-corrected chi connectivity index (χ0v) is 29.5. The van der Waals surface area contributed by atoms with Crippen molar-refractivity contribution in [3.8, 4) is 0 Å². The predicted octanol–water partition coefficient (Wildman–Crippen LogP) is 12.8. The van der Waals surface area contributed by atoms with Crippen LogP contribution in [0.1, 0.15) is 219 Å². The van der Waals surface area contributed by atoms with E-state index in [-0.39, 0.29) is 0 Å². The van der Waals surface area contributed by atoms with Crippen molar-refractivity contribution in [2.45, 2.75) is 231 Å². The minimum Gasteiger partial charge on any atom is -0.321 e. The van der Waals surface area contributed by atoms with Gasteiger partial charge in [0.2, 0.25) is 0 Å². The quantitative estimate of drug-likeness (QED) is 0.0388. The van der Waals surface area contributed by atoms with Gasteiger partial charge < -0.3 is 9.47 Å². The Morgan fingerprint density at radius 2 is 0.500 bits per heavy atom. The first-order valence-electron chi connectivity index (χ1n) is 19.8. The van der Waals surface area contributed by atoms with Crippen LogP contribution >= 0.6 is 0 Å². The largest absolute Gasteiger partial charge is 0.340 e. The van der Waals surface area contributed by atoms with E-state index in [0.29, 0.717) is 13.2 Å². The summed E-state index contributed by atoms with van der Waals surface area (Å²) in [4.78, 5) is 20.7. The van der Waals surface area contributed by atoms with E-state index in [4.69, 9.17) is 29.0 Å². The van der Waals surface area contributed by atoms with Crippen molar-refractivity contribution in [2.24, 2.45) is 0 Å². The number of ether oxygens (including phenoxy) is 2. The highest BCUT2D eigenvalue weighted by molar-refractivity contribution is 4.65. The fourth-order valence-electron chi connectivity index (χ4n) is 6.32. The maximum absolute atomic E-state index is 5.83. The van der Waals surface area contributed by atoms with Crippen LogP contribution in [-0.2, 0) is 29.0 Å². The van der Waals surface area contributed by atoms with Crippen LogP contribution in [0.25, 0.3) is 0 Å². The molecule has 2 heterocycles. The molecule has 0 radical (unpaired) electrons. The Balaban J connectivity index is 1.28. The zero-order chi connectivity index (χ0) is 31.3. The third kappa shape index (κ3) is 23.1. The molecule has 0 aromatic heterocycles. The van der Waals surface area contributed by atoms with Crippen molar-refractivity contribution in [3.63, 3.8) is 0 Å². The van der Waals surface area contributed by atoms with Crippen molar-refractivity contribution >= 4 is 0 Å². The van der Waals surface area contributed by atoms with Crippen LogP contribution in [0.2, 0.25) is 0 Å².